The first-order valence-electron chi connectivity index (χ1n) is 4.29. The lowest BCUT2D eigenvalue weighted by Crippen LogP contribution is -2.28. The van der Waals surface area contributed by atoms with Gasteiger partial charge in [-0.1, -0.05) is 22.0 Å². The highest BCUT2D eigenvalue weighted by Gasteiger charge is 2.12. The van der Waals surface area contributed by atoms with Crippen molar-refractivity contribution in [3.05, 3.63) is 28.2 Å². The molecule has 4 nitrogen and oxygen atoms in total. The average Bonchev–Trinajstić information content (AvgIpc) is 2.10. The van der Waals surface area contributed by atoms with Gasteiger partial charge in [0.2, 0.25) is 0 Å². The van der Waals surface area contributed by atoms with Gasteiger partial charge in [-0.15, -0.1) is 0 Å². The van der Waals surface area contributed by atoms with Crippen molar-refractivity contribution in [2.45, 2.75) is 6.92 Å². The maximum atomic E-state index is 11.5. The number of hydrogen-bond donors (Lipinski definition) is 1. The van der Waals surface area contributed by atoms with E-state index in [0.29, 0.717) is 5.69 Å². The van der Waals surface area contributed by atoms with Crippen molar-refractivity contribution in [2.24, 2.45) is 0 Å². The van der Waals surface area contributed by atoms with E-state index >= 15 is 0 Å². The zero-order valence-corrected chi connectivity index (χ0v) is 11.2. The topological polar surface area (TPSA) is 49.4 Å². The van der Waals surface area contributed by atoms with Crippen molar-refractivity contribution in [2.75, 3.05) is 18.8 Å². The molecule has 0 atom stereocenters. The van der Waals surface area contributed by atoms with E-state index in [2.05, 4.69) is 20.7 Å². The van der Waals surface area contributed by atoms with Crippen molar-refractivity contribution in [3.63, 3.8) is 0 Å². The normalized spacial score (nSPS) is 11.8. The molecular weight excluding hydrogens is 280 g/mol. The molecule has 0 aliphatic heterocycles. The van der Waals surface area contributed by atoms with Crippen LogP contribution in [0.2, 0.25) is 0 Å². The van der Waals surface area contributed by atoms with Crippen LogP contribution < -0.4 is 4.72 Å². The molecule has 84 valence electrons. The molecule has 0 aliphatic rings. The summed E-state index contributed by atoms with van der Waals surface area (Å²) in [6.07, 6.45) is 0. The molecule has 6 heteroatoms. The van der Waals surface area contributed by atoms with Gasteiger partial charge in [-0.3, -0.25) is 4.72 Å². The summed E-state index contributed by atoms with van der Waals surface area (Å²) in [6, 6.07) is 5.30. The SMILES string of the molecule is Cc1ccc(NS(=O)(=O)N(C)C)cc1Br. The van der Waals surface area contributed by atoms with Crippen LogP contribution in [0.3, 0.4) is 0 Å². The van der Waals surface area contributed by atoms with Crippen LogP contribution in [0.15, 0.2) is 22.7 Å². The van der Waals surface area contributed by atoms with E-state index in [1.165, 1.54) is 14.1 Å². The summed E-state index contributed by atoms with van der Waals surface area (Å²) in [5.41, 5.74) is 1.60. The highest BCUT2D eigenvalue weighted by atomic mass is 79.9. The maximum absolute atomic E-state index is 11.5. The molecule has 0 unspecified atom stereocenters. The van der Waals surface area contributed by atoms with Crippen molar-refractivity contribution in [1.29, 1.82) is 0 Å². The summed E-state index contributed by atoms with van der Waals surface area (Å²) in [4.78, 5) is 0. The minimum absolute atomic E-state index is 0.543. The summed E-state index contributed by atoms with van der Waals surface area (Å²) in [7, 11) is -0.463. The third-order valence-electron chi connectivity index (χ3n) is 1.90. The molecule has 0 saturated carbocycles. The number of hydrogen-bond acceptors (Lipinski definition) is 2. The van der Waals surface area contributed by atoms with E-state index in [9.17, 15) is 8.42 Å². The Hall–Kier alpha value is -0.590. The second-order valence-electron chi connectivity index (χ2n) is 3.35. The van der Waals surface area contributed by atoms with Crippen LogP contribution >= 0.6 is 15.9 Å². The number of rotatable bonds is 3. The second-order valence-corrected chi connectivity index (χ2v) is 6.09. The van der Waals surface area contributed by atoms with Crippen LogP contribution in [0.5, 0.6) is 0 Å². The fourth-order valence-corrected chi connectivity index (χ4v) is 1.88. The van der Waals surface area contributed by atoms with E-state index in [0.717, 1.165) is 14.3 Å². The third kappa shape index (κ3) is 3.19. The smallest absolute Gasteiger partial charge is 0.271 e. The van der Waals surface area contributed by atoms with Gasteiger partial charge in [0.05, 0.1) is 5.69 Å². The molecule has 0 fully saturated rings. The zero-order valence-electron chi connectivity index (χ0n) is 8.78. The maximum Gasteiger partial charge on any atom is 0.301 e. The third-order valence-corrected chi connectivity index (χ3v) is 4.21. The lowest BCUT2D eigenvalue weighted by atomic mass is 10.2. The van der Waals surface area contributed by atoms with Crippen LogP contribution in [-0.4, -0.2) is 26.8 Å². The van der Waals surface area contributed by atoms with Crippen molar-refractivity contribution in [1.82, 2.24) is 4.31 Å². The first kappa shape index (κ1) is 12.5. The summed E-state index contributed by atoms with van der Waals surface area (Å²) >= 11 is 3.34. The van der Waals surface area contributed by atoms with E-state index in [1.54, 1.807) is 12.1 Å². The van der Waals surface area contributed by atoms with Crippen molar-refractivity contribution >= 4 is 31.8 Å². The summed E-state index contributed by atoms with van der Waals surface area (Å²) < 4.78 is 27.4. The van der Waals surface area contributed by atoms with Crippen LogP contribution in [0.1, 0.15) is 5.56 Å². The largest absolute Gasteiger partial charge is 0.301 e. The molecule has 0 radical (unpaired) electrons. The fraction of sp³-hybridized carbons (Fsp3) is 0.333. The van der Waals surface area contributed by atoms with E-state index in [-0.39, 0.29) is 0 Å². The molecule has 0 aliphatic carbocycles. The Labute approximate surface area is 98.6 Å². The predicted octanol–water partition coefficient (Wildman–Crippen LogP) is 1.98. The quantitative estimate of drug-likeness (QED) is 0.926. The number of aryl methyl sites for hydroxylation is 1. The number of nitrogens with zero attached hydrogens (tertiary/aromatic N) is 1. The fourth-order valence-electron chi connectivity index (χ4n) is 0.897. The summed E-state index contributed by atoms with van der Waals surface area (Å²) in [6.45, 7) is 1.94. The van der Waals surface area contributed by atoms with Gasteiger partial charge in [0.1, 0.15) is 0 Å². The van der Waals surface area contributed by atoms with Gasteiger partial charge in [-0.05, 0) is 24.6 Å². The van der Waals surface area contributed by atoms with Gasteiger partial charge in [-0.25, -0.2) is 0 Å². The predicted molar refractivity (Wildman–Crippen MR) is 65.1 cm³/mol. The summed E-state index contributed by atoms with van der Waals surface area (Å²) in [5, 5.41) is 0. The number of halogens is 1. The second kappa shape index (κ2) is 4.51. The minimum Gasteiger partial charge on any atom is -0.271 e. The van der Waals surface area contributed by atoms with Crippen LogP contribution in [0.4, 0.5) is 5.69 Å². The molecule has 0 aromatic heterocycles. The number of benzene rings is 1. The minimum atomic E-state index is -3.42. The van der Waals surface area contributed by atoms with E-state index < -0.39 is 10.2 Å². The molecule has 1 aromatic carbocycles. The Morgan fingerprint density at radius 2 is 1.93 bits per heavy atom. The molecule has 0 bridgehead atoms. The molecule has 1 aromatic rings. The molecule has 0 amide bonds. The molecule has 15 heavy (non-hydrogen) atoms. The number of nitrogens with one attached hydrogen (secondary N) is 1. The molecule has 1 N–H and O–H groups in total. The van der Waals surface area contributed by atoms with Gasteiger partial charge in [-0.2, -0.15) is 12.7 Å². The van der Waals surface area contributed by atoms with E-state index in [4.69, 9.17) is 0 Å². The average molecular weight is 293 g/mol. The molecule has 1 rings (SSSR count). The molecule has 0 saturated heterocycles. The molecule has 0 heterocycles. The van der Waals surface area contributed by atoms with Gasteiger partial charge in [0, 0.05) is 18.6 Å². The number of anilines is 1. The molecular formula is C9H13BrN2O2S. The lowest BCUT2D eigenvalue weighted by molar-refractivity contribution is 0.527. The van der Waals surface area contributed by atoms with Gasteiger partial charge < -0.3 is 0 Å². The monoisotopic (exact) mass is 292 g/mol. The standard InChI is InChI=1S/C9H13BrN2O2S/c1-7-4-5-8(6-9(7)10)11-15(13,14)12(2)3/h4-6,11H,1-3H3. The van der Waals surface area contributed by atoms with Crippen molar-refractivity contribution < 1.29 is 8.42 Å². The van der Waals surface area contributed by atoms with Crippen LogP contribution in [0, 0.1) is 6.92 Å². The van der Waals surface area contributed by atoms with E-state index in [1.807, 2.05) is 13.0 Å². The Morgan fingerprint density at radius 3 is 2.40 bits per heavy atom. The Bertz CT molecular complexity index is 457. The lowest BCUT2D eigenvalue weighted by Gasteiger charge is -2.13. The highest BCUT2D eigenvalue weighted by Crippen LogP contribution is 2.21. The van der Waals surface area contributed by atoms with Crippen molar-refractivity contribution in [3.8, 4) is 0 Å². The highest BCUT2D eigenvalue weighted by molar-refractivity contribution is 9.10. The zero-order chi connectivity index (χ0) is 11.6. The Morgan fingerprint density at radius 1 is 1.33 bits per heavy atom. The van der Waals surface area contributed by atoms with Crippen LogP contribution in [0.25, 0.3) is 0 Å². The first-order valence-corrected chi connectivity index (χ1v) is 6.52. The Balaban J connectivity index is 2.96. The first-order chi connectivity index (χ1) is 6.83. The van der Waals surface area contributed by atoms with Crippen LogP contribution in [-0.2, 0) is 10.2 Å². The van der Waals surface area contributed by atoms with Gasteiger partial charge >= 0.3 is 10.2 Å². The molecule has 0 spiro atoms. The van der Waals surface area contributed by atoms with Gasteiger partial charge in [0.25, 0.3) is 0 Å². The van der Waals surface area contributed by atoms with Gasteiger partial charge in [0.15, 0.2) is 0 Å². The summed E-state index contributed by atoms with van der Waals surface area (Å²) in [5.74, 6) is 0. The Kier molecular flexibility index (Phi) is 3.75.